The van der Waals surface area contributed by atoms with Crippen LogP contribution in [0.2, 0.25) is 0 Å². The van der Waals surface area contributed by atoms with Crippen molar-refractivity contribution < 1.29 is 18.0 Å². The fraction of sp³-hybridized carbons (Fsp3) is 0.417. The molecule has 6 heteroatoms. The number of benzene rings is 1. The van der Waals surface area contributed by atoms with Crippen LogP contribution in [0.15, 0.2) is 18.2 Å². The predicted octanol–water partition coefficient (Wildman–Crippen LogP) is 2.99. The van der Waals surface area contributed by atoms with Gasteiger partial charge < -0.3 is 10.6 Å². The average molecular weight is 256 g/mol. The second-order valence-corrected chi connectivity index (χ2v) is 4.74. The molecule has 1 saturated carbocycles. The van der Waals surface area contributed by atoms with Gasteiger partial charge in [0.25, 0.3) is 0 Å². The zero-order valence-electron chi connectivity index (χ0n) is 9.40. The predicted molar refractivity (Wildman–Crippen MR) is 60.3 cm³/mol. The standard InChI is InChI=1S/C12H11F3N2O/c13-12(14,15)7-3-1-4-8-9(7)17-11(5-2-6-11)10(18)16-8/h1,3-4,17H,2,5-6H2,(H,16,18). The number of nitrogens with one attached hydrogen (secondary N) is 2. The van der Waals surface area contributed by atoms with E-state index >= 15 is 0 Å². The van der Waals surface area contributed by atoms with Crippen LogP contribution < -0.4 is 10.6 Å². The van der Waals surface area contributed by atoms with E-state index in [0.717, 1.165) is 12.5 Å². The second kappa shape index (κ2) is 3.40. The molecule has 0 unspecified atom stereocenters. The van der Waals surface area contributed by atoms with E-state index in [2.05, 4.69) is 10.6 Å². The molecule has 1 fully saturated rings. The summed E-state index contributed by atoms with van der Waals surface area (Å²) in [6.45, 7) is 0. The molecular weight excluding hydrogens is 245 g/mol. The van der Waals surface area contributed by atoms with Gasteiger partial charge in [-0.2, -0.15) is 13.2 Å². The highest BCUT2D eigenvalue weighted by Gasteiger charge is 2.49. The molecule has 0 radical (unpaired) electrons. The van der Waals surface area contributed by atoms with Gasteiger partial charge in [-0.05, 0) is 31.4 Å². The molecule has 1 heterocycles. The van der Waals surface area contributed by atoms with Gasteiger partial charge in [-0.25, -0.2) is 0 Å². The number of carbonyl (C=O) groups is 1. The maximum Gasteiger partial charge on any atom is 0.418 e. The number of alkyl halides is 3. The Hall–Kier alpha value is -1.72. The Morgan fingerprint density at radius 2 is 1.94 bits per heavy atom. The number of hydrogen-bond donors (Lipinski definition) is 2. The van der Waals surface area contributed by atoms with Crippen molar-refractivity contribution in [3.8, 4) is 0 Å². The van der Waals surface area contributed by atoms with Crippen LogP contribution in [0.5, 0.6) is 0 Å². The first-order chi connectivity index (χ1) is 8.42. The molecule has 3 nitrogen and oxygen atoms in total. The fourth-order valence-corrected chi connectivity index (χ4v) is 2.45. The minimum absolute atomic E-state index is 0.00991. The molecule has 2 N–H and O–H groups in total. The highest BCUT2D eigenvalue weighted by Crippen LogP contribution is 2.46. The number of para-hydroxylation sites is 1. The maximum atomic E-state index is 12.9. The van der Waals surface area contributed by atoms with Crippen LogP contribution in [0.3, 0.4) is 0 Å². The molecule has 18 heavy (non-hydrogen) atoms. The monoisotopic (exact) mass is 256 g/mol. The van der Waals surface area contributed by atoms with Crippen LogP contribution in [0.1, 0.15) is 24.8 Å². The maximum absolute atomic E-state index is 12.9. The summed E-state index contributed by atoms with van der Waals surface area (Å²) >= 11 is 0. The van der Waals surface area contributed by atoms with E-state index in [-0.39, 0.29) is 17.3 Å². The smallest absolute Gasteiger partial charge is 0.369 e. The van der Waals surface area contributed by atoms with Gasteiger partial charge >= 0.3 is 6.18 Å². The van der Waals surface area contributed by atoms with Crippen LogP contribution in [0, 0.1) is 0 Å². The SMILES string of the molecule is O=C1Nc2cccc(C(F)(F)F)c2NC12CCC2. The third kappa shape index (κ3) is 1.48. The molecule has 1 aliphatic carbocycles. The van der Waals surface area contributed by atoms with Gasteiger partial charge in [0, 0.05) is 0 Å². The fourth-order valence-electron chi connectivity index (χ4n) is 2.45. The highest BCUT2D eigenvalue weighted by atomic mass is 19.4. The van der Waals surface area contributed by atoms with Crippen molar-refractivity contribution in [3.05, 3.63) is 23.8 Å². The van der Waals surface area contributed by atoms with E-state index < -0.39 is 17.3 Å². The summed E-state index contributed by atoms with van der Waals surface area (Å²) in [5, 5.41) is 5.37. The first kappa shape index (κ1) is 11.4. The summed E-state index contributed by atoms with van der Waals surface area (Å²) < 4.78 is 38.7. The first-order valence-electron chi connectivity index (χ1n) is 5.72. The van der Waals surface area contributed by atoms with Crippen molar-refractivity contribution in [2.45, 2.75) is 31.0 Å². The highest BCUT2D eigenvalue weighted by molar-refractivity contribution is 6.07. The summed E-state index contributed by atoms with van der Waals surface area (Å²) in [6, 6.07) is 3.79. The number of fused-ring (bicyclic) bond motifs is 1. The second-order valence-electron chi connectivity index (χ2n) is 4.74. The summed E-state index contributed by atoms with van der Waals surface area (Å²) in [5.74, 6) is -0.236. The normalized spacial score (nSPS) is 20.7. The Bertz CT molecular complexity index is 521. The molecule has 0 bridgehead atoms. The van der Waals surface area contributed by atoms with E-state index in [1.807, 2.05) is 0 Å². The van der Waals surface area contributed by atoms with Crippen LogP contribution in [0.25, 0.3) is 0 Å². The number of rotatable bonds is 0. The lowest BCUT2D eigenvalue weighted by Gasteiger charge is -2.45. The van der Waals surface area contributed by atoms with Gasteiger partial charge in [-0.1, -0.05) is 6.07 Å². The zero-order chi connectivity index (χ0) is 13.0. The van der Waals surface area contributed by atoms with Crippen LogP contribution >= 0.6 is 0 Å². The van der Waals surface area contributed by atoms with Crippen LogP contribution in [-0.2, 0) is 11.0 Å². The molecule has 1 amide bonds. The summed E-state index contributed by atoms with van der Waals surface area (Å²) in [6.07, 6.45) is -2.43. The van der Waals surface area contributed by atoms with Gasteiger partial charge in [-0.15, -0.1) is 0 Å². The molecule has 1 aromatic carbocycles. The molecule has 0 atom stereocenters. The van der Waals surface area contributed by atoms with E-state index in [4.69, 9.17) is 0 Å². The Morgan fingerprint density at radius 1 is 1.22 bits per heavy atom. The van der Waals surface area contributed by atoms with Crippen molar-refractivity contribution in [2.24, 2.45) is 0 Å². The molecule has 0 aromatic heterocycles. The molecule has 0 saturated heterocycles. The van der Waals surface area contributed by atoms with Crippen LogP contribution in [0.4, 0.5) is 24.5 Å². The molecule has 96 valence electrons. The van der Waals surface area contributed by atoms with Crippen molar-refractivity contribution >= 4 is 17.3 Å². The lowest BCUT2D eigenvalue weighted by molar-refractivity contribution is -0.137. The van der Waals surface area contributed by atoms with Crippen molar-refractivity contribution in [3.63, 3.8) is 0 Å². The van der Waals surface area contributed by atoms with Crippen molar-refractivity contribution in [1.82, 2.24) is 0 Å². The third-order valence-corrected chi connectivity index (χ3v) is 3.62. The van der Waals surface area contributed by atoms with E-state index in [0.29, 0.717) is 12.8 Å². The number of halogens is 3. The Labute approximate surface area is 101 Å². The molecular formula is C12H11F3N2O. The minimum Gasteiger partial charge on any atom is -0.369 e. The quantitative estimate of drug-likeness (QED) is 0.749. The molecule has 3 rings (SSSR count). The van der Waals surface area contributed by atoms with Gasteiger partial charge in [0.05, 0.1) is 16.9 Å². The van der Waals surface area contributed by atoms with E-state index in [9.17, 15) is 18.0 Å². The Morgan fingerprint density at radius 3 is 2.50 bits per heavy atom. The van der Waals surface area contributed by atoms with E-state index in [1.165, 1.54) is 12.1 Å². The summed E-state index contributed by atoms with van der Waals surface area (Å²) in [7, 11) is 0. The lowest BCUT2D eigenvalue weighted by atomic mass is 9.74. The summed E-state index contributed by atoms with van der Waals surface area (Å²) in [5.41, 5.74) is -1.38. The van der Waals surface area contributed by atoms with Crippen molar-refractivity contribution in [1.29, 1.82) is 0 Å². The minimum atomic E-state index is -4.43. The van der Waals surface area contributed by atoms with Gasteiger partial charge in [-0.3, -0.25) is 4.79 Å². The van der Waals surface area contributed by atoms with E-state index in [1.54, 1.807) is 0 Å². The lowest BCUT2D eigenvalue weighted by Crippen LogP contribution is -2.57. The largest absolute Gasteiger partial charge is 0.418 e. The number of carbonyl (C=O) groups excluding carboxylic acids is 1. The van der Waals surface area contributed by atoms with Crippen LogP contribution in [-0.4, -0.2) is 11.4 Å². The van der Waals surface area contributed by atoms with Gasteiger partial charge in [0.15, 0.2) is 0 Å². The molecule has 1 aromatic rings. The molecule has 2 aliphatic rings. The molecule has 1 aliphatic heterocycles. The Balaban J connectivity index is 2.09. The van der Waals surface area contributed by atoms with Gasteiger partial charge in [0.1, 0.15) is 5.54 Å². The molecule has 1 spiro atoms. The topological polar surface area (TPSA) is 41.1 Å². The zero-order valence-corrected chi connectivity index (χ0v) is 9.40. The van der Waals surface area contributed by atoms with Gasteiger partial charge in [0.2, 0.25) is 5.91 Å². The number of anilines is 2. The average Bonchev–Trinajstić information content (AvgIpc) is 2.23. The Kier molecular flexibility index (Phi) is 2.15. The number of hydrogen-bond acceptors (Lipinski definition) is 2. The summed E-state index contributed by atoms with van der Waals surface area (Å²) in [4.78, 5) is 11.9. The third-order valence-electron chi connectivity index (χ3n) is 3.62. The first-order valence-corrected chi connectivity index (χ1v) is 5.72. The van der Waals surface area contributed by atoms with Crippen molar-refractivity contribution in [2.75, 3.05) is 10.6 Å². The number of amides is 1.